The smallest absolute Gasteiger partial charge is 0.330 e. The number of rotatable bonds is 9. The molecule has 0 bridgehead atoms. The molecule has 0 aliphatic carbocycles. The van der Waals surface area contributed by atoms with Gasteiger partial charge in [0.2, 0.25) is 0 Å². The van der Waals surface area contributed by atoms with Gasteiger partial charge < -0.3 is 10.1 Å². The Labute approximate surface area is 120 Å². The van der Waals surface area contributed by atoms with E-state index in [0.717, 1.165) is 16.9 Å². The van der Waals surface area contributed by atoms with Gasteiger partial charge in [-0.2, -0.15) is 8.78 Å². The maximum absolute atomic E-state index is 12.8. The van der Waals surface area contributed by atoms with E-state index in [-0.39, 0.29) is 12.6 Å². The van der Waals surface area contributed by atoms with Crippen LogP contribution >= 0.6 is 11.3 Å². The third-order valence-corrected chi connectivity index (χ3v) is 3.57. The average Bonchev–Trinajstić information content (AvgIpc) is 2.79. The number of alkyl halides is 4. The van der Waals surface area contributed by atoms with Crippen LogP contribution in [0.1, 0.15) is 29.8 Å². The minimum Gasteiger partial charge on any atom is -0.373 e. The summed E-state index contributed by atoms with van der Waals surface area (Å²) in [4.78, 5) is 1.10. The third kappa shape index (κ3) is 5.38. The molecule has 0 aliphatic rings. The van der Waals surface area contributed by atoms with Crippen LogP contribution in [-0.4, -0.2) is 32.1 Å². The second kappa shape index (κ2) is 7.95. The van der Waals surface area contributed by atoms with E-state index in [1.807, 2.05) is 25.3 Å². The first-order chi connectivity index (χ1) is 9.36. The summed E-state index contributed by atoms with van der Waals surface area (Å²) in [5, 5.41) is 5.08. The zero-order valence-corrected chi connectivity index (χ0v) is 12.3. The minimum atomic E-state index is -4.10. The van der Waals surface area contributed by atoms with Crippen LogP contribution in [0.4, 0.5) is 17.6 Å². The highest BCUT2D eigenvalue weighted by molar-refractivity contribution is 7.10. The Kier molecular flexibility index (Phi) is 6.91. The van der Waals surface area contributed by atoms with Gasteiger partial charge in [-0.25, -0.2) is 8.78 Å². The van der Waals surface area contributed by atoms with Crippen molar-refractivity contribution in [2.24, 2.45) is 0 Å². The minimum absolute atomic E-state index is 0.0571. The predicted octanol–water partition coefficient (Wildman–Crippen LogP) is 4.01. The summed E-state index contributed by atoms with van der Waals surface area (Å²) in [5.74, 6) is -4.10. The predicted molar refractivity (Wildman–Crippen MR) is 71.9 cm³/mol. The molecule has 1 unspecified atom stereocenters. The van der Waals surface area contributed by atoms with Crippen molar-refractivity contribution >= 4 is 11.3 Å². The monoisotopic (exact) mass is 313 g/mol. The van der Waals surface area contributed by atoms with Gasteiger partial charge in [0.05, 0.1) is 12.6 Å². The molecule has 20 heavy (non-hydrogen) atoms. The lowest BCUT2D eigenvalue weighted by Gasteiger charge is -2.20. The van der Waals surface area contributed by atoms with Crippen LogP contribution in [-0.2, 0) is 4.74 Å². The van der Waals surface area contributed by atoms with E-state index < -0.39 is 19.0 Å². The molecule has 0 aliphatic heterocycles. The van der Waals surface area contributed by atoms with Gasteiger partial charge in [0.1, 0.15) is 6.61 Å². The number of ether oxygens (including phenoxy) is 1. The van der Waals surface area contributed by atoms with Crippen LogP contribution in [0.5, 0.6) is 0 Å². The number of hydrogen-bond acceptors (Lipinski definition) is 3. The first kappa shape index (κ1) is 17.4. The molecular formula is C13H19F4NOS. The van der Waals surface area contributed by atoms with E-state index in [0.29, 0.717) is 6.54 Å². The van der Waals surface area contributed by atoms with E-state index >= 15 is 0 Å². The van der Waals surface area contributed by atoms with Crippen molar-refractivity contribution in [3.8, 4) is 0 Å². The molecule has 0 saturated heterocycles. The fourth-order valence-electron chi connectivity index (χ4n) is 1.61. The number of halogens is 4. The maximum atomic E-state index is 12.8. The molecule has 0 amide bonds. The van der Waals surface area contributed by atoms with Crippen molar-refractivity contribution in [2.75, 3.05) is 19.8 Å². The molecule has 116 valence electrons. The Morgan fingerprint density at radius 3 is 2.60 bits per heavy atom. The van der Waals surface area contributed by atoms with Crippen LogP contribution in [0.25, 0.3) is 0 Å². The fraction of sp³-hybridized carbons (Fsp3) is 0.692. The normalized spacial score (nSPS) is 13.9. The van der Waals surface area contributed by atoms with Gasteiger partial charge in [0.25, 0.3) is 0 Å². The highest BCUT2D eigenvalue weighted by Gasteiger charge is 2.41. The topological polar surface area (TPSA) is 21.3 Å². The molecule has 0 aromatic carbocycles. The Hall–Kier alpha value is -0.660. The molecule has 1 aromatic rings. The zero-order chi connectivity index (χ0) is 15.2. The standard InChI is InChI=1S/C13H19F4NOS/c1-3-4-18-11(10-5-9(2)20-7-10)6-19-8-13(16,17)12(14)15/h5,7,11-12,18H,3-4,6,8H2,1-2H3. The van der Waals surface area contributed by atoms with Gasteiger partial charge >= 0.3 is 12.3 Å². The van der Waals surface area contributed by atoms with E-state index in [9.17, 15) is 17.6 Å². The molecular weight excluding hydrogens is 294 g/mol. The summed E-state index contributed by atoms with van der Waals surface area (Å²) in [6, 6.07) is 1.68. The van der Waals surface area contributed by atoms with Crippen LogP contribution in [0, 0.1) is 6.92 Å². The summed E-state index contributed by atoms with van der Waals surface area (Å²) >= 11 is 1.55. The summed E-state index contributed by atoms with van der Waals surface area (Å²) in [5.41, 5.74) is 0.932. The van der Waals surface area contributed by atoms with Crippen LogP contribution in [0.15, 0.2) is 11.4 Å². The number of nitrogens with one attached hydrogen (secondary N) is 1. The lowest BCUT2D eigenvalue weighted by Crippen LogP contribution is -2.34. The average molecular weight is 313 g/mol. The summed E-state index contributed by atoms with van der Waals surface area (Å²) in [6.45, 7) is 3.30. The molecule has 7 heteroatoms. The number of thiophene rings is 1. The molecule has 0 saturated carbocycles. The molecule has 1 atom stereocenters. The highest BCUT2D eigenvalue weighted by Crippen LogP contribution is 2.25. The zero-order valence-electron chi connectivity index (χ0n) is 11.5. The Balaban J connectivity index is 2.53. The first-order valence-electron chi connectivity index (χ1n) is 6.39. The first-order valence-corrected chi connectivity index (χ1v) is 7.27. The van der Waals surface area contributed by atoms with E-state index in [1.165, 1.54) is 0 Å². The van der Waals surface area contributed by atoms with Crippen molar-refractivity contribution < 1.29 is 22.3 Å². The Morgan fingerprint density at radius 1 is 1.40 bits per heavy atom. The van der Waals surface area contributed by atoms with Crippen LogP contribution in [0.2, 0.25) is 0 Å². The molecule has 0 fully saturated rings. The Bertz CT molecular complexity index is 397. The number of aryl methyl sites for hydroxylation is 1. The second-order valence-corrected chi connectivity index (χ2v) is 5.69. The van der Waals surface area contributed by atoms with Gasteiger partial charge in [-0.3, -0.25) is 0 Å². The third-order valence-electron chi connectivity index (χ3n) is 2.69. The van der Waals surface area contributed by atoms with E-state index in [1.54, 1.807) is 11.3 Å². The van der Waals surface area contributed by atoms with Gasteiger partial charge in [-0.05, 0) is 36.9 Å². The molecule has 0 radical (unpaired) electrons. The maximum Gasteiger partial charge on any atom is 0.330 e. The molecule has 1 N–H and O–H groups in total. The van der Waals surface area contributed by atoms with Crippen molar-refractivity contribution in [3.05, 3.63) is 21.9 Å². The van der Waals surface area contributed by atoms with Crippen molar-refractivity contribution in [2.45, 2.75) is 38.7 Å². The Morgan fingerprint density at radius 2 is 2.10 bits per heavy atom. The van der Waals surface area contributed by atoms with Gasteiger partial charge in [-0.1, -0.05) is 6.92 Å². The largest absolute Gasteiger partial charge is 0.373 e. The number of hydrogen-bond donors (Lipinski definition) is 1. The molecule has 1 rings (SSSR count). The SMILES string of the molecule is CCCNC(COCC(F)(F)C(F)F)c1csc(C)c1. The second-order valence-electron chi connectivity index (χ2n) is 4.57. The lowest BCUT2D eigenvalue weighted by molar-refractivity contribution is -0.167. The van der Waals surface area contributed by atoms with E-state index in [4.69, 9.17) is 4.74 Å². The van der Waals surface area contributed by atoms with Gasteiger partial charge in [0, 0.05) is 4.88 Å². The fourth-order valence-corrected chi connectivity index (χ4v) is 2.37. The van der Waals surface area contributed by atoms with Crippen LogP contribution in [0.3, 0.4) is 0 Å². The molecule has 1 aromatic heterocycles. The molecule has 1 heterocycles. The van der Waals surface area contributed by atoms with Gasteiger partial charge in [0.15, 0.2) is 0 Å². The van der Waals surface area contributed by atoms with Crippen molar-refractivity contribution in [1.82, 2.24) is 5.32 Å². The summed E-state index contributed by atoms with van der Waals surface area (Å²) < 4.78 is 54.4. The van der Waals surface area contributed by atoms with Crippen molar-refractivity contribution in [3.63, 3.8) is 0 Å². The summed E-state index contributed by atoms with van der Waals surface area (Å²) in [6.07, 6.45) is -2.82. The van der Waals surface area contributed by atoms with Gasteiger partial charge in [-0.15, -0.1) is 11.3 Å². The van der Waals surface area contributed by atoms with E-state index in [2.05, 4.69) is 5.32 Å². The van der Waals surface area contributed by atoms with Crippen molar-refractivity contribution in [1.29, 1.82) is 0 Å². The lowest BCUT2D eigenvalue weighted by atomic mass is 10.1. The molecule has 2 nitrogen and oxygen atoms in total. The quantitative estimate of drug-likeness (QED) is 0.695. The highest BCUT2D eigenvalue weighted by atomic mass is 32.1. The molecule has 0 spiro atoms. The van der Waals surface area contributed by atoms with Crippen LogP contribution < -0.4 is 5.32 Å². The summed E-state index contributed by atoms with van der Waals surface area (Å²) in [7, 11) is 0.